The van der Waals surface area contributed by atoms with Crippen molar-refractivity contribution >= 4 is 44.7 Å². The van der Waals surface area contributed by atoms with Gasteiger partial charge in [-0.05, 0) is 22.4 Å². The lowest BCUT2D eigenvalue weighted by Gasteiger charge is -2.10. The lowest BCUT2D eigenvalue weighted by molar-refractivity contribution is 1.66. The van der Waals surface area contributed by atoms with Gasteiger partial charge in [-0.3, -0.25) is 0 Å². The minimum absolute atomic E-state index is 0.623. The fourth-order valence-corrected chi connectivity index (χ4v) is 3.40. The van der Waals surface area contributed by atoms with Crippen molar-refractivity contribution in [1.82, 2.24) is 0 Å². The number of hydrogen-bond donors (Lipinski definition) is 0. The summed E-state index contributed by atoms with van der Waals surface area (Å²) in [6.45, 7) is 0. The normalized spacial score (nSPS) is 11.2. The highest BCUT2D eigenvalue weighted by Gasteiger charge is 2.10. The average Bonchev–Trinajstić information content (AvgIpc) is 2.55. The Hall–Kier alpha value is -2.02. The third kappa shape index (κ3) is 2.16. The molecule has 0 amide bonds. The molecule has 0 N–H and O–H groups in total. The maximum Gasteiger partial charge on any atom is 0.0569 e. The molecule has 0 bridgehead atoms. The van der Waals surface area contributed by atoms with E-state index in [0.717, 1.165) is 37.7 Å². The van der Waals surface area contributed by atoms with Crippen molar-refractivity contribution < 1.29 is 0 Å². The van der Waals surface area contributed by atoms with E-state index >= 15 is 0 Å². The van der Waals surface area contributed by atoms with Crippen LogP contribution in [0.15, 0.2) is 66.7 Å². The number of rotatable bonds is 1. The summed E-state index contributed by atoms with van der Waals surface area (Å²) in [5.41, 5.74) is 1.87. The quantitative estimate of drug-likeness (QED) is 0.363. The molecule has 105 valence electrons. The minimum atomic E-state index is 0.623. The van der Waals surface area contributed by atoms with Gasteiger partial charge in [0.25, 0.3) is 0 Å². The Morgan fingerprint density at radius 3 is 2.18 bits per heavy atom. The van der Waals surface area contributed by atoms with Crippen molar-refractivity contribution in [3.8, 4) is 11.1 Å². The molecule has 0 saturated heterocycles. The second-order valence-corrected chi connectivity index (χ2v) is 5.99. The van der Waals surface area contributed by atoms with Crippen LogP contribution in [0.5, 0.6) is 0 Å². The lowest BCUT2D eigenvalue weighted by atomic mass is 9.98. The van der Waals surface area contributed by atoms with Gasteiger partial charge < -0.3 is 0 Å². The molecule has 22 heavy (non-hydrogen) atoms. The van der Waals surface area contributed by atoms with Crippen LogP contribution in [0, 0.1) is 6.07 Å². The molecule has 0 saturated carbocycles. The smallest absolute Gasteiger partial charge is 0.0569 e. The van der Waals surface area contributed by atoms with Crippen molar-refractivity contribution in [1.29, 1.82) is 0 Å². The van der Waals surface area contributed by atoms with Crippen LogP contribution in [-0.2, 0) is 0 Å². The van der Waals surface area contributed by atoms with Gasteiger partial charge in [-0.15, -0.1) is 0 Å². The number of fused-ring (bicyclic) bond motifs is 2. The highest BCUT2D eigenvalue weighted by molar-refractivity contribution is 6.39. The second kappa shape index (κ2) is 5.31. The molecule has 0 aliphatic heterocycles. The van der Waals surface area contributed by atoms with Gasteiger partial charge in [0.2, 0.25) is 0 Å². The van der Waals surface area contributed by atoms with E-state index in [0.29, 0.717) is 5.02 Å². The number of hydrogen-bond acceptors (Lipinski definition) is 0. The van der Waals surface area contributed by atoms with Crippen LogP contribution in [-0.4, -0.2) is 0 Å². The maximum atomic E-state index is 6.62. The molecule has 0 aliphatic carbocycles. The third-order valence-electron chi connectivity index (χ3n) is 3.89. The molecule has 0 aliphatic rings. The summed E-state index contributed by atoms with van der Waals surface area (Å²) >= 11 is 13.0. The van der Waals surface area contributed by atoms with E-state index in [1.54, 1.807) is 0 Å². The number of benzene rings is 4. The monoisotopic (exact) mass is 321 g/mol. The fourth-order valence-electron chi connectivity index (χ4n) is 2.79. The summed E-state index contributed by atoms with van der Waals surface area (Å²) in [7, 11) is 0. The molecule has 0 atom stereocenters. The first-order valence-corrected chi connectivity index (χ1v) is 7.78. The van der Waals surface area contributed by atoms with Crippen molar-refractivity contribution in [2.45, 2.75) is 0 Å². The van der Waals surface area contributed by atoms with Gasteiger partial charge in [0, 0.05) is 22.4 Å². The molecule has 2 heteroatoms. The molecule has 0 nitrogen and oxygen atoms in total. The zero-order valence-electron chi connectivity index (χ0n) is 11.6. The summed E-state index contributed by atoms with van der Waals surface area (Å²) in [5.74, 6) is 0. The summed E-state index contributed by atoms with van der Waals surface area (Å²) in [5, 5.41) is 5.62. The molecule has 4 aromatic rings. The van der Waals surface area contributed by atoms with Gasteiger partial charge in [0.05, 0.1) is 10.0 Å². The molecule has 4 rings (SSSR count). The first-order valence-electron chi connectivity index (χ1n) is 7.02. The lowest BCUT2D eigenvalue weighted by Crippen LogP contribution is -1.84. The first-order chi connectivity index (χ1) is 10.7. The Kier molecular flexibility index (Phi) is 3.29. The van der Waals surface area contributed by atoms with Crippen LogP contribution < -0.4 is 0 Å². The summed E-state index contributed by atoms with van der Waals surface area (Å²) in [4.78, 5) is 0. The van der Waals surface area contributed by atoms with Gasteiger partial charge in [0.15, 0.2) is 0 Å². The van der Waals surface area contributed by atoms with Crippen molar-refractivity contribution in [3.05, 3.63) is 82.8 Å². The first kappa shape index (κ1) is 13.6. The molecule has 4 aromatic carbocycles. The van der Waals surface area contributed by atoms with Crippen molar-refractivity contribution in [3.63, 3.8) is 0 Å². The van der Waals surface area contributed by atoms with E-state index in [2.05, 4.69) is 24.3 Å². The Bertz CT molecular complexity index is 1000. The standard InChI is InChI=1S/C20H11Cl2/c21-19-12-15(11-14-6-2-3-7-16(14)19)18-10-9-13-5-1-4-8-17(13)20(18)22/h1-11H. The zero-order valence-corrected chi connectivity index (χ0v) is 13.1. The highest BCUT2D eigenvalue weighted by atomic mass is 35.5. The fraction of sp³-hybridized carbons (Fsp3) is 0. The molecule has 0 fully saturated rings. The van der Waals surface area contributed by atoms with Crippen LogP contribution in [0.2, 0.25) is 10.0 Å². The van der Waals surface area contributed by atoms with Gasteiger partial charge >= 0.3 is 0 Å². The third-order valence-corrected chi connectivity index (χ3v) is 4.60. The van der Waals surface area contributed by atoms with Crippen molar-refractivity contribution in [2.24, 2.45) is 0 Å². The van der Waals surface area contributed by atoms with Gasteiger partial charge in [0.1, 0.15) is 0 Å². The maximum absolute atomic E-state index is 6.62. The van der Waals surface area contributed by atoms with Gasteiger partial charge in [-0.2, -0.15) is 0 Å². The molecule has 1 radical (unpaired) electrons. The van der Waals surface area contributed by atoms with Crippen molar-refractivity contribution in [2.75, 3.05) is 0 Å². The average molecular weight is 322 g/mol. The van der Waals surface area contributed by atoms with E-state index in [1.165, 1.54) is 0 Å². The second-order valence-electron chi connectivity index (χ2n) is 5.23. The van der Waals surface area contributed by atoms with Crippen LogP contribution in [0.25, 0.3) is 32.7 Å². The summed E-state index contributed by atoms with van der Waals surface area (Å²) in [6, 6.07) is 25.6. The van der Waals surface area contributed by atoms with Gasteiger partial charge in [-0.25, -0.2) is 0 Å². The highest BCUT2D eigenvalue weighted by Crippen LogP contribution is 2.37. The van der Waals surface area contributed by atoms with Crippen LogP contribution in [0.3, 0.4) is 0 Å². The Balaban J connectivity index is 2.01. The van der Waals surface area contributed by atoms with Crippen LogP contribution >= 0.6 is 23.2 Å². The zero-order chi connectivity index (χ0) is 15.1. The van der Waals surface area contributed by atoms with Crippen LogP contribution in [0.4, 0.5) is 0 Å². The van der Waals surface area contributed by atoms with Crippen LogP contribution in [0.1, 0.15) is 0 Å². The summed E-state index contributed by atoms with van der Waals surface area (Å²) < 4.78 is 0. The van der Waals surface area contributed by atoms with E-state index in [4.69, 9.17) is 23.2 Å². The molecule has 0 spiro atoms. The minimum Gasteiger partial charge on any atom is -0.0830 e. The SMILES string of the molecule is Clc1[c]c(-c2ccc3ccccc3c2Cl)cc2ccccc12. The summed E-state index contributed by atoms with van der Waals surface area (Å²) in [6.07, 6.45) is 0. The molecule has 0 heterocycles. The van der Waals surface area contributed by atoms with E-state index in [-0.39, 0.29) is 0 Å². The molecular formula is C20H11Cl2. The Morgan fingerprint density at radius 2 is 1.36 bits per heavy atom. The predicted octanol–water partition coefficient (Wildman–Crippen LogP) is 6.77. The van der Waals surface area contributed by atoms with E-state index < -0.39 is 0 Å². The Labute approximate surface area is 138 Å². The largest absolute Gasteiger partial charge is 0.0830 e. The molecule has 0 unspecified atom stereocenters. The Morgan fingerprint density at radius 1 is 0.682 bits per heavy atom. The van der Waals surface area contributed by atoms with Gasteiger partial charge in [-0.1, -0.05) is 83.9 Å². The van der Waals surface area contributed by atoms with E-state index in [9.17, 15) is 0 Å². The predicted molar refractivity (Wildman–Crippen MR) is 95.7 cm³/mol. The molecule has 0 aromatic heterocycles. The number of halogens is 2. The van der Waals surface area contributed by atoms with E-state index in [1.807, 2.05) is 48.5 Å². The topological polar surface area (TPSA) is 0 Å². The molecular weight excluding hydrogens is 311 g/mol.